The van der Waals surface area contributed by atoms with Crippen molar-refractivity contribution < 1.29 is 0 Å². The van der Waals surface area contributed by atoms with E-state index in [4.69, 9.17) is 0 Å². The Morgan fingerprint density at radius 2 is 2.20 bits per heavy atom. The Balaban J connectivity index is 1.84. The fraction of sp³-hybridized carbons (Fsp3) is 0.500. The lowest BCUT2D eigenvalue weighted by Crippen LogP contribution is -2.30. The predicted octanol–water partition coefficient (Wildman–Crippen LogP) is 3.35. The van der Waals surface area contributed by atoms with Gasteiger partial charge in [-0.15, -0.1) is 11.3 Å². The van der Waals surface area contributed by atoms with Gasteiger partial charge in [0.15, 0.2) is 0 Å². The highest BCUT2D eigenvalue weighted by Gasteiger charge is 2.14. The Morgan fingerprint density at radius 1 is 1.35 bits per heavy atom. The summed E-state index contributed by atoms with van der Waals surface area (Å²) in [5, 5.41) is 5.73. The summed E-state index contributed by atoms with van der Waals surface area (Å²) in [7, 11) is 4.29. The van der Waals surface area contributed by atoms with Crippen LogP contribution in [-0.2, 0) is 13.1 Å². The molecule has 0 radical (unpaired) electrons. The van der Waals surface area contributed by atoms with E-state index in [0.717, 1.165) is 19.6 Å². The maximum Gasteiger partial charge on any atom is 0.0561 e. The molecule has 4 heteroatoms. The molecule has 0 aliphatic heterocycles. The SMILES string of the molecule is CCCn1ccc(CNCC(c2cccs2)N(C)C)c1. The van der Waals surface area contributed by atoms with Gasteiger partial charge in [-0.2, -0.15) is 0 Å². The molecule has 2 rings (SSSR count). The van der Waals surface area contributed by atoms with Gasteiger partial charge in [-0.05, 0) is 43.6 Å². The number of rotatable bonds is 8. The molecule has 0 aliphatic rings. The summed E-state index contributed by atoms with van der Waals surface area (Å²) in [6.45, 7) is 5.23. The average molecular weight is 291 g/mol. The Morgan fingerprint density at radius 3 is 2.85 bits per heavy atom. The minimum absolute atomic E-state index is 0.452. The predicted molar refractivity (Wildman–Crippen MR) is 87.2 cm³/mol. The van der Waals surface area contributed by atoms with Crippen molar-refractivity contribution in [3.63, 3.8) is 0 Å². The highest BCUT2D eigenvalue weighted by Crippen LogP contribution is 2.22. The zero-order chi connectivity index (χ0) is 14.4. The normalized spacial score (nSPS) is 13.0. The third kappa shape index (κ3) is 4.20. The molecule has 1 unspecified atom stereocenters. The van der Waals surface area contributed by atoms with Crippen LogP contribution in [0.15, 0.2) is 36.0 Å². The third-order valence-electron chi connectivity index (χ3n) is 3.46. The molecule has 1 N–H and O–H groups in total. The minimum atomic E-state index is 0.452. The highest BCUT2D eigenvalue weighted by atomic mass is 32.1. The largest absolute Gasteiger partial charge is 0.354 e. The number of likely N-dealkylation sites (N-methyl/N-ethyl adjacent to an activating group) is 1. The van der Waals surface area contributed by atoms with Crippen molar-refractivity contribution in [2.24, 2.45) is 0 Å². The number of hydrogen-bond donors (Lipinski definition) is 1. The van der Waals surface area contributed by atoms with Crippen LogP contribution >= 0.6 is 11.3 Å². The van der Waals surface area contributed by atoms with Gasteiger partial charge in [-0.25, -0.2) is 0 Å². The maximum absolute atomic E-state index is 3.58. The van der Waals surface area contributed by atoms with Crippen molar-refractivity contribution in [2.45, 2.75) is 32.5 Å². The molecule has 0 fully saturated rings. The molecule has 0 bridgehead atoms. The topological polar surface area (TPSA) is 20.2 Å². The van der Waals surface area contributed by atoms with Crippen LogP contribution in [0.5, 0.6) is 0 Å². The van der Waals surface area contributed by atoms with Crippen molar-refractivity contribution in [1.82, 2.24) is 14.8 Å². The quantitative estimate of drug-likeness (QED) is 0.805. The van der Waals surface area contributed by atoms with Gasteiger partial charge in [0.2, 0.25) is 0 Å². The number of aromatic nitrogens is 1. The van der Waals surface area contributed by atoms with Crippen LogP contribution in [0.3, 0.4) is 0 Å². The second kappa shape index (κ2) is 7.62. The third-order valence-corrected chi connectivity index (χ3v) is 4.43. The van der Waals surface area contributed by atoms with Crippen molar-refractivity contribution in [2.75, 3.05) is 20.6 Å². The van der Waals surface area contributed by atoms with Gasteiger partial charge in [0, 0.05) is 36.9 Å². The molecule has 0 spiro atoms. The van der Waals surface area contributed by atoms with Crippen molar-refractivity contribution in [3.05, 3.63) is 46.4 Å². The number of nitrogens with one attached hydrogen (secondary N) is 1. The van der Waals surface area contributed by atoms with Gasteiger partial charge in [-0.3, -0.25) is 0 Å². The summed E-state index contributed by atoms with van der Waals surface area (Å²) in [5.41, 5.74) is 1.36. The van der Waals surface area contributed by atoms with Crippen LogP contribution in [0, 0.1) is 0 Å². The summed E-state index contributed by atoms with van der Waals surface area (Å²) < 4.78 is 2.26. The van der Waals surface area contributed by atoms with E-state index in [9.17, 15) is 0 Å². The lowest BCUT2D eigenvalue weighted by Gasteiger charge is -2.23. The van der Waals surface area contributed by atoms with Crippen LogP contribution in [0.4, 0.5) is 0 Å². The van der Waals surface area contributed by atoms with E-state index in [-0.39, 0.29) is 0 Å². The second-order valence-electron chi connectivity index (χ2n) is 5.38. The standard InChI is InChI=1S/C16H25N3S/c1-4-8-19-9-7-14(13-19)11-17-12-15(18(2)3)16-6-5-10-20-16/h5-7,9-10,13,15,17H,4,8,11-12H2,1-3H3. The molecule has 2 aromatic rings. The molecular weight excluding hydrogens is 266 g/mol. The molecule has 0 saturated heterocycles. The van der Waals surface area contributed by atoms with E-state index < -0.39 is 0 Å². The summed E-state index contributed by atoms with van der Waals surface area (Å²) in [6.07, 6.45) is 5.60. The molecule has 0 saturated carbocycles. The molecular formula is C16H25N3S. The fourth-order valence-electron chi connectivity index (χ4n) is 2.36. The zero-order valence-electron chi connectivity index (χ0n) is 12.7. The van der Waals surface area contributed by atoms with E-state index in [0.29, 0.717) is 6.04 Å². The van der Waals surface area contributed by atoms with Gasteiger partial charge in [-0.1, -0.05) is 13.0 Å². The molecule has 110 valence electrons. The van der Waals surface area contributed by atoms with Crippen molar-refractivity contribution in [1.29, 1.82) is 0 Å². The summed E-state index contributed by atoms with van der Waals surface area (Å²) >= 11 is 1.83. The van der Waals surface area contributed by atoms with Crippen LogP contribution in [0.2, 0.25) is 0 Å². The van der Waals surface area contributed by atoms with Crippen molar-refractivity contribution in [3.8, 4) is 0 Å². The summed E-state index contributed by atoms with van der Waals surface area (Å²) in [5.74, 6) is 0. The molecule has 1 atom stereocenters. The smallest absolute Gasteiger partial charge is 0.0561 e. The maximum atomic E-state index is 3.58. The molecule has 20 heavy (non-hydrogen) atoms. The summed E-state index contributed by atoms with van der Waals surface area (Å²) in [6, 6.07) is 7.00. The number of nitrogens with zero attached hydrogens (tertiary/aromatic N) is 2. The van der Waals surface area contributed by atoms with Gasteiger partial charge < -0.3 is 14.8 Å². The number of aryl methyl sites for hydroxylation is 1. The number of hydrogen-bond acceptors (Lipinski definition) is 3. The van der Waals surface area contributed by atoms with Gasteiger partial charge in [0.1, 0.15) is 0 Å². The zero-order valence-corrected chi connectivity index (χ0v) is 13.5. The van der Waals surface area contributed by atoms with Crippen molar-refractivity contribution >= 4 is 11.3 Å². The van der Waals surface area contributed by atoms with E-state index in [2.05, 4.69) is 71.8 Å². The molecule has 0 aromatic carbocycles. The molecule has 3 nitrogen and oxygen atoms in total. The Labute approximate surface area is 126 Å². The average Bonchev–Trinajstić information content (AvgIpc) is 3.06. The van der Waals surface area contributed by atoms with E-state index in [1.165, 1.54) is 16.9 Å². The van der Waals surface area contributed by atoms with Gasteiger partial charge >= 0.3 is 0 Å². The van der Waals surface area contributed by atoms with E-state index in [1.54, 1.807) is 0 Å². The second-order valence-corrected chi connectivity index (χ2v) is 6.36. The Hall–Kier alpha value is -1.10. The van der Waals surface area contributed by atoms with Crippen LogP contribution in [0.1, 0.15) is 29.8 Å². The first kappa shape index (κ1) is 15.3. The minimum Gasteiger partial charge on any atom is -0.354 e. The van der Waals surface area contributed by atoms with Crippen LogP contribution < -0.4 is 5.32 Å². The first-order chi connectivity index (χ1) is 9.70. The van der Waals surface area contributed by atoms with Crippen LogP contribution in [-0.4, -0.2) is 30.1 Å². The number of thiophene rings is 1. The first-order valence-electron chi connectivity index (χ1n) is 7.26. The Kier molecular flexibility index (Phi) is 5.83. The summed E-state index contributed by atoms with van der Waals surface area (Å²) in [4.78, 5) is 3.70. The van der Waals surface area contributed by atoms with Crippen LogP contribution in [0.25, 0.3) is 0 Å². The van der Waals surface area contributed by atoms with E-state index in [1.807, 2.05) is 11.3 Å². The van der Waals surface area contributed by atoms with E-state index >= 15 is 0 Å². The lowest BCUT2D eigenvalue weighted by molar-refractivity contribution is 0.292. The molecule has 2 aromatic heterocycles. The molecule has 0 amide bonds. The fourth-order valence-corrected chi connectivity index (χ4v) is 3.29. The molecule has 0 aliphatic carbocycles. The lowest BCUT2D eigenvalue weighted by atomic mass is 10.2. The Bertz CT molecular complexity index is 488. The monoisotopic (exact) mass is 291 g/mol. The highest BCUT2D eigenvalue weighted by molar-refractivity contribution is 7.10. The molecule has 2 heterocycles. The first-order valence-corrected chi connectivity index (χ1v) is 8.14. The van der Waals surface area contributed by atoms with Gasteiger partial charge in [0.05, 0.1) is 6.04 Å². The van der Waals surface area contributed by atoms with Gasteiger partial charge in [0.25, 0.3) is 0 Å².